The van der Waals surface area contributed by atoms with Gasteiger partial charge in [-0.05, 0) is 107 Å². The highest BCUT2D eigenvalue weighted by molar-refractivity contribution is 5.79. The van der Waals surface area contributed by atoms with E-state index in [4.69, 9.17) is 9.47 Å². The van der Waals surface area contributed by atoms with Crippen LogP contribution in [0, 0.1) is 34.5 Å². The first kappa shape index (κ1) is 27.7. The van der Waals surface area contributed by atoms with E-state index in [9.17, 15) is 37.4 Å². The molecule has 0 amide bonds. The molecule has 0 aliphatic heterocycles. The molecule has 220 valence electrons. The van der Waals surface area contributed by atoms with E-state index in [-0.39, 0.29) is 37.0 Å². The summed E-state index contributed by atoms with van der Waals surface area (Å²) in [5.41, 5.74) is -3.62. The number of hydrogen-bond acceptors (Lipinski definition) is 6. The van der Waals surface area contributed by atoms with Crippen molar-refractivity contribution in [3.8, 4) is 0 Å². The van der Waals surface area contributed by atoms with Crippen LogP contribution in [-0.4, -0.2) is 57.9 Å². The van der Waals surface area contributed by atoms with Crippen molar-refractivity contribution < 1.29 is 46.8 Å². The highest BCUT2D eigenvalue weighted by atomic mass is 19.3. The number of esters is 2. The summed E-state index contributed by atoms with van der Waals surface area (Å²) >= 11 is 0. The number of halogens is 4. The van der Waals surface area contributed by atoms with Crippen molar-refractivity contribution in [1.82, 2.24) is 0 Å². The third-order valence-corrected chi connectivity index (χ3v) is 11.0. The Labute approximate surface area is 226 Å². The lowest BCUT2D eigenvalue weighted by molar-refractivity contribution is -0.214. The smallest absolute Gasteiger partial charge is 0.312 e. The van der Waals surface area contributed by atoms with Gasteiger partial charge in [0.1, 0.15) is 12.7 Å². The molecule has 5 unspecified atom stereocenters. The van der Waals surface area contributed by atoms with Gasteiger partial charge in [0.05, 0.1) is 22.0 Å². The van der Waals surface area contributed by atoms with Crippen molar-refractivity contribution in [2.45, 2.75) is 126 Å². The Morgan fingerprint density at radius 2 is 1.23 bits per heavy atom. The van der Waals surface area contributed by atoms with Crippen LogP contribution in [0.2, 0.25) is 0 Å². The molecule has 2 N–H and O–H groups in total. The summed E-state index contributed by atoms with van der Waals surface area (Å²) in [6.07, 6.45) is 4.18. The van der Waals surface area contributed by atoms with Crippen molar-refractivity contribution in [3.63, 3.8) is 0 Å². The summed E-state index contributed by atoms with van der Waals surface area (Å²) in [6.45, 7) is -0.347. The minimum Gasteiger partial charge on any atom is -0.461 e. The summed E-state index contributed by atoms with van der Waals surface area (Å²) in [7, 11) is 0. The Morgan fingerprint density at radius 3 is 1.64 bits per heavy atom. The molecule has 8 saturated carbocycles. The molecule has 8 aliphatic carbocycles. The monoisotopic (exact) mass is 560 g/mol. The largest absolute Gasteiger partial charge is 0.461 e. The lowest BCUT2D eigenvalue weighted by Gasteiger charge is -2.59. The number of carbonyl (C=O) groups excluding carboxylic acids is 2. The van der Waals surface area contributed by atoms with Gasteiger partial charge in [0, 0.05) is 13.3 Å². The van der Waals surface area contributed by atoms with Crippen LogP contribution in [0.25, 0.3) is 0 Å². The van der Waals surface area contributed by atoms with Gasteiger partial charge >= 0.3 is 23.8 Å². The van der Waals surface area contributed by atoms with Gasteiger partial charge in [-0.15, -0.1) is 0 Å². The van der Waals surface area contributed by atoms with Gasteiger partial charge in [-0.1, -0.05) is 0 Å². The van der Waals surface area contributed by atoms with Crippen LogP contribution in [0.4, 0.5) is 17.6 Å². The summed E-state index contributed by atoms with van der Waals surface area (Å²) in [4.78, 5) is 26.9. The van der Waals surface area contributed by atoms with Crippen molar-refractivity contribution in [2.75, 3.05) is 6.61 Å². The second kappa shape index (κ2) is 8.79. The number of hydrogen-bond donors (Lipinski definition) is 2. The molecule has 0 heterocycles. The van der Waals surface area contributed by atoms with E-state index in [1.807, 2.05) is 0 Å². The molecule has 0 spiro atoms. The van der Waals surface area contributed by atoms with Gasteiger partial charge in [-0.2, -0.15) is 8.78 Å². The molecular weight excluding hydrogens is 520 g/mol. The fraction of sp³-hybridized carbons (Fsp3) is 0.931. The van der Waals surface area contributed by atoms with Crippen LogP contribution in [0.1, 0.15) is 96.8 Å². The topological polar surface area (TPSA) is 93.1 Å². The fourth-order valence-electron chi connectivity index (χ4n) is 10.2. The Morgan fingerprint density at radius 1 is 0.795 bits per heavy atom. The molecule has 8 bridgehead atoms. The first-order valence-corrected chi connectivity index (χ1v) is 14.6. The first-order chi connectivity index (χ1) is 18.0. The Bertz CT molecular complexity index is 996. The average molecular weight is 561 g/mol. The number of rotatable bonds is 9. The lowest BCUT2D eigenvalue weighted by Crippen LogP contribution is -2.59. The summed E-state index contributed by atoms with van der Waals surface area (Å²) < 4.78 is 66.8. The van der Waals surface area contributed by atoms with Gasteiger partial charge in [0.15, 0.2) is 0 Å². The number of ether oxygens (including phenoxy) is 2. The number of alkyl halides is 4. The first-order valence-electron chi connectivity index (χ1n) is 14.6. The van der Waals surface area contributed by atoms with Gasteiger partial charge in [-0.3, -0.25) is 9.59 Å². The normalized spacial score (nSPS) is 44.9. The molecule has 10 heteroatoms. The molecule has 8 fully saturated rings. The SMILES string of the molecule is CC(F)(F)C(F)(F)CCC(COC(=O)C12CC3CC(CC(O)(C3)C1)C2)OC(=O)C12CC3CC(CC(O)(C3)C1)C2. The van der Waals surface area contributed by atoms with E-state index in [2.05, 4.69) is 0 Å². The Hall–Kier alpha value is -1.42. The molecule has 39 heavy (non-hydrogen) atoms. The summed E-state index contributed by atoms with van der Waals surface area (Å²) in [5.74, 6) is -8.90. The van der Waals surface area contributed by atoms with Gasteiger partial charge in [-0.25, -0.2) is 8.78 Å². The van der Waals surface area contributed by atoms with Crippen molar-refractivity contribution >= 4 is 11.9 Å². The van der Waals surface area contributed by atoms with E-state index in [0.717, 1.165) is 12.8 Å². The molecule has 6 nitrogen and oxygen atoms in total. The number of carbonyl (C=O) groups is 2. The minimum atomic E-state index is -4.32. The van der Waals surface area contributed by atoms with Crippen LogP contribution in [0.3, 0.4) is 0 Å². The van der Waals surface area contributed by atoms with Crippen molar-refractivity contribution in [2.24, 2.45) is 34.5 Å². The van der Waals surface area contributed by atoms with Crippen LogP contribution in [0.15, 0.2) is 0 Å². The predicted molar refractivity (Wildman–Crippen MR) is 130 cm³/mol. The second-order valence-electron chi connectivity index (χ2n) is 14.7. The molecule has 0 aromatic rings. The van der Waals surface area contributed by atoms with E-state index in [1.165, 1.54) is 0 Å². The highest BCUT2D eigenvalue weighted by Crippen LogP contribution is 2.63. The third kappa shape index (κ3) is 4.89. The molecular formula is C29H40F4O6. The molecule has 8 aliphatic rings. The molecule has 0 radical (unpaired) electrons. The lowest BCUT2D eigenvalue weighted by atomic mass is 9.48. The molecule has 0 aromatic carbocycles. The Kier molecular flexibility index (Phi) is 6.25. The molecule has 5 atom stereocenters. The second-order valence-corrected chi connectivity index (χ2v) is 14.7. The van der Waals surface area contributed by atoms with Gasteiger partial charge in [0.2, 0.25) is 0 Å². The van der Waals surface area contributed by atoms with Crippen LogP contribution in [0.5, 0.6) is 0 Å². The molecule has 0 saturated heterocycles. The fourth-order valence-corrected chi connectivity index (χ4v) is 10.2. The predicted octanol–water partition coefficient (Wildman–Crippen LogP) is 5.17. The quantitative estimate of drug-likeness (QED) is 0.299. The standard InChI is InChI=1S/C29H40F4O6/c1-24(30,31)29(32,33)3-2-21(39-23(35)26-8-19-5-20(9-26)13-28(37,12-19)16-26)14-38-22(34)25-6-17-4-18(7-25)11-27(36,10-17)15-25/h17-21,36-37H,2-16H2,1H3. The van der Waals surface area contributed by atoms with Gasteiger partial charge < -0.3 is 19.7 Å². The van der Waals surface area contributed by atoms with Crippen LogP contribution < -0.4 is 0 Å². The third-order valence-electron chi connectivity index (χ3n) is 11.0. The zero-order valence-electron chi connectivity index (χ0n) is 22.5. The van der Waals surface area contributed by atoms with Crippen LogP contribution >= 0.6 is 0 Å². The Balaban J connectivity index is 1.16. The maximum absolute atomic E-state index is 14.2. The van der Waals surface area contributed by atoms with E-state index >= 15 is 0 Å². The van der Waals surface area contributed by atoms with E-state index in [0.29, 0.717) is 57.8 Å². The zero-order valence-corrected chi connectivity index (χ0v) is 22.5. The maximum atomic E-state index is 14.2. The maximum Gasteiger partial charge on any atom is 0.312 e. The average Bonchev–Trinajstić information content (AvgIpc) is 2.76. The van der Waals surface area contributed by atoms with Gasteiger partial charge in [0.25, 0.3) is 0 Å². The minimum absolute atomic E-state index is 0.155. The van der Waals surface area contributed by atoms with Crippen molar-refractivity contribution in [1.29, 1.82) is 0 Å². The highest BCUT2D eigenvalue weighted by Gasteiger charge is 2.62. The van der Waals surface area contributed by atoms with Crippen LogP contribution in [-0.2, 0) is 19.1 Å². The number of aliphatic hydroxyl groups is 2. The van der Waals surface area contributed by atoms with E-state index in [1.54, 1.807) is 0 Å². The summed E-state index contributed by atoms with van der Waals surface area (Å²) in [5, 5.41) is 22.0. The summed E-state index contributed by atoms with van der Waals surface area (Å²) in [6, 6.07) is 0. The van der Waals surface area contributed by atoms with E-state index < -0.39 is 71.4 Å². The van der Waals surface area contributed by atoms with Crippen molar-refractivity contribution in [3.05, 3.63) is 0 Å². The zero-order chi connectivity index (χ0) is 28.1. The molecule has 0 aromatic heterocycles. The molecule has 8 rings (SSSR count).